The maximum Gasteiger partial charge on any atom is 0.287 e. The van der Waals surface area contributed by atoms with Gasteiger partial charge in [0.05, 0.1) is 10.6 Å². The smallest absolute Gasteiger partial charge is 0.287 e. The van der Waals surface area contributed by atoms with E-state index < -0.39 is 4.92 Å². The number of nitrogens with one attached hydrogen (secondary N) is 2. The van der Waals surface area contributed by atoms with Gasteiger partial charge in [0.25, 0.3) is 11.2 Å². The molecule has 2 N–H and O–H groups in total. The van der Waals surface area contributed by atoms with E-state index in [4.69, 9.17) is 0 Å². The molecule has 0 saturated heterocycles. The molecule has 2 aromatic heterocycles. The van der Waals surface area contributed by atoms with Crippen LogP contribution in [0.5, 0.6) is 0 Å². The van der Waals surface area contributed by atoms with Gasteiger partial charge in [-0.25, -0.2) is 10.1 Å². The molecule has 0 aromatic carbocycles. The Morgan fingerprint density at radius 3 is 2.59 bits per heavy atom. The number of nitro groups is 1. The van der Waals surface area contributed by atoms with Crippen LogP contribution in [0, 0.1) is 10.1 Å². The normalized spacial score (nSPS) is 10.5. The van der Waals surface area contributed by atoms with Crippen LogP contribution in [-0.4, -0.2) is 20.1 Å². The zero-order valence-corrected chi connectivity index (χ0v) is 12.4. The Labute approximate surface area is 126 Å². The van der Waals surface area contributed by atoms with Gasteiger partial charge in [0.2, 0.25) is 0 Å². The Bertz CT molecular complexity index is 724. The molecule has 0 aliphatic rings. The number of hydrogen-bond acceptors (Lipinski definition) is 6. The number of aryl methyl sites for hydroxylation is 1. The zero-order chi connectivity index (χ0) is 16.1. The van der Waals surface area contributed by atoms with Crippen LogP contribution in [0.4, 0.5) is 11.5 Å². The van der Waals surface area contributed by atoms with Crippen molar-refractivity contribution in [3.05, 3.63) is 55.6 Å². The number of nitrogens with zero attached hydrogens (tertiary/aromatic N) is 3. The van der Waals surface area contributed by atoms with Crippen molar-refractivity contribution in [3.63, 3.8) is 0 Å². The largest absolute Gasteiger partial charge is 0.366 e. The van der Waals surface area contributed by atoms with E-state index in [9.17, 15) is 14.9 Å². The predicted molar refractivity (Wildman–Crippen MR) is 81.8 cm³/mol. The first-order valence-corrected chi connectivity index (χ1v) is 7.00. The quantitative estimate of drug-likeness (QED) is 0.621. The number of H-pyrrole nitrogens is 1. The molecule has 0 bridgehead atoms. The molecule has 8 nitrogen and oxygen atoms in total. The second-order valence-corrected chi connectivity index (χ2v) is 4.68. The van der Waals surface area contributed by atoms with Crippen LogP contribution in [0.15, 0.2) is 23.1 Å². The summed E-state index contributed by atoms with van der Waals surface area (Å²) in [5.41, 5.74) is 2.11. The molecule has 0 spiro atoms. The first-order valence-electron chi connectivity index (χ1n) is 7.00. The fourth-order valence-electron chi connectivity index (χ4n) is 2.24. The number of aromatic nitrogens is 3. The molecule has 0 aliphatic heterocycles. The topological polar surface area (TPSA) is 114 Å². The Morgan fingerprint density at radius 1 is 1.27 bits per heavy atom. The van der Waals surface area contributed by atoms with Crippen LogP contribution in [0.1, 0.15) is 30.7 Å². The molecule has 2 rings (SSSR count). The van der Waals surface area contributed by atoms with Crippen molar-refractivity contribution in [2.24, 2.45) is 0 Å². The van der Waals surface area contributed by atoms with Gasteiger partial charge in [0.15, 0.2) is 0 Å². The minimum absolute atomic E-state index is 0.0742. The van der Waals surface area contributed by atoms with Crippen LogP contribution in [0.25, 0.3) is 0 Å². The Morgan fingerprint density at radius 2 is 2.05 bits per heavy atom. The summed E-state index contributed by atoms with van der Waals surface area (Å²) in [4.78, 5) is 26.0. The monoisotopic (exact) mass is 303 g/mol. The Balaban J connectivity index is 2.21. The highest BCUT2D eigenvalue weighted by molar-refractivity contribution is 5.41. The summed E-state index contributed by atoms with van der Waals surface area (Å²) >= 11 is 0. The SMILES string of the molecule is CCc1n[nH]c(=O)c(CNc2ccc([N+](=O)[O-])cn2)c1CC. The number of rotatable bonds is 6. The lowest BCUT2D eigenvalue weighted by atomic mass is 10.0. The van der Waals surface area contributed by atoms with E-state index in [1.54, 1.807) is 0 Å². The number of aromatic amines is 1. The van der Waals surface area contributed by atoms with Gasteiger partial charge < -0.3 is 5.32 Å². The third kappa shape index (κ3) is 3.27. The van der Waals surface area contributed by atoms with E-state index >= 15 is 0 Å². The minimum Gasteiger partial charge on any atom is -0.366 e. The van der Waals surface area contributed by atoms with Crippen molar-refractivity contribution in [3.8, 4) is 0 Å². The summed E-state index contributed by atoms with van der Waals surface area (Å²) in [6.07, 6.45) is 2.63. The summed E-state index contributed by atoms with van der Waals surface area (Å²) in [6, 6.07) is 2.88. The third-order valence-corrected chi connectivity index (χ3v) is 3.37. The third-order valence-electron chi connectivity index (χ3n) is 3.37. The summed E-state index contributed by atoms with van der Waals surface area (Å²) < 4.78 is 0. The lowest BCUT2D eigenvalue weighted by Gasteiger charge is -2.11. The molecule has 0 aliphatic carbocycles. The van der Waals surface area contributed by atoms with Crippen molar-refractivity contribution >= 4 is 11.5 Å². The van der Waals surface area contributed by atoms with Crippen molar-refractivity contribution in [1.82, 2.24) is 15.2 Å². The van der Waals surface area contributed by atoms with Gasteiger partial charge in [-0.2, -0.15) is 5.10 Å². The summed E-state index contributed by atoms with van der Waals surface area (Å²) in [5.74, 6) is 0.474. The first kappa shape index (κ1) is 15.6. The number of hydrogen-bond donors (Lipinski definition) is 2. The van der Waals surface area contributed by atoms with E-state index in [2.05, 4.69) is 20.5 Å². The van der Waals surface area contributed by atoms with Crippen LogP contribution >= 0.6 is 0 Å². The number of pyridine rings is 1. The van der Waals surface area contributed by atoms with Gasteiger partial charge in [-0.1, -0.05) is 13.8 Å². The van der Waals surface area contributed by atoms with E-state index in [1.165, 1.54) is 18.3 Å². The lowest BCUT2D eigenvalue weighted by molar-refractivity contribution is -0.385. The molecular formula is C14H17N5O3. The van der Waals surface area contributed by atoms with Gasteiger partial charge in [0, 0.05) is 18.2 Å². The van der Waals surface area contributed by atoms with E-state index in [-0.39, 0.29) is 11.2 Å². The van der Waals surface area contributed by atoms with Crippen molar-refractivity contribution in [2.75, 3.05) is 5.32 Å². The highest BCUT2D eigenvalue weighted by atomic mass is 16.6. The van der Waals surface area contributed by atoms with E-state index in [0.29, 0.717) is 24.3 Å². The molecule has 2 aromatic rings. The van der Waals surface area contributed by atoms with Crippen LogP contribution in [-0.2, 0) is 19.4 Å². The first-order chi connectivity index (χ1) is 10.6. The van der Waals surface area contributed by atoms with Gasteiger partial charge in [-0.05, 0) is 24.5 Å². The summed E-state index contributed by atoms with van der Waals surface area (Å²) in [5, 5.41) is 20.2. The molecule has 0 radical (unpaired) electrons. The van der Waals surface area contributed by atoms with Gasteiger partial charge in [0.1, 0.15) is 12.0 Å². The highest BCUT2D eigenvalue weighted by Crippen LogP contribution is 2.14. The zero-order valence-electron chi connectivity index (χ0n) is 12.4. The molecule has 0 amide bonds. The van der Waals surface area contributed by atoms with Crippen molar-refractivity contribution in [1.29, 1.82) is 0 Å². The lowest BCUT2D eigenvalue weighted by Crippen LogP contribution is -2.22. The van der Waals surface area contributed by atoms with Gasteiger partial charge in [-0.15, -0.1) is 0 Å². The minimum atomic E-state index is -0.507. The molecule has 2 heterocycles. The fourth-order valence-corrected chi connectivity index (χ4v) is 2.24. The summed E-state index contributed by atoms with van der Waals surface area (Å²) in [6.45, 7) is 4.25. The van der Waals surface area contributed by atoms with E-state index in [1.807, 2.05) is 13.8 Å². The van der Waals surface area contributed by atoms with Crippen molar-refractivity contribution < 1.29 is 4.92 Å². The standard InChI is InChI=1S/C14H17N5O3/c1-3-10-11(14(20)18-17-12(10)4-2)8-16-13-6-5-9(7-15-13)19(21)22/h5-7H,3-4,8H2,1-2H3,(H,15,16)(H,18,20). The predicted octanol–water partition coefficient (Wildman–Crippen LogP) is 1.81. The highest BCUT2D eigenvalue weighted by Gasteiger charge is 2.12. The molecule has 8 heteroatoms. The molecular weight excluding hydrogens is 286 g/mol. The average molecular weight is 303 g/mol. The number of anilines is 1. The molecule has 0 fully saturated rings. The average Bonchev–Trinajstić information content (AvgIpc) is 2.53. The molecule has 0 saturated carbocycles. The molecule has 0 atom stereocenters. The van der Waals surface area contributed by atoms with Crippen LogP contribution in [0.3, 0.4) is 0 Å². The maximum atomic E-state index is 12.0. The van der Waals surface area contributed by atoms with Gasteiger partial charge in [-0.3, -0.25) is 14.9 Å². The maximum absolute atomic E-state index is 12.0. The molecule has 116 valence electrons. The second-order valence-electron chi connectivity index (χ2n) is 4.68. The second kappa shape index (κ2) is 6.79. The van der Waals surface area contributed by atoms with Crippen LogP contribution < -0.4 is 10.9 Å². The Kier molecular flexibility index (Phi) is 4.82. The summed E-state index contributed by atoms with van der Waals surface area (Å²) in [7, 11) is 0. The van der Waals surface area contributed by atoms with Crippen molar-refractivity contribution in [2.45, 2.75) is 33.2 Å². The van der Waals surface area contributed by atoms with Crippen LogP contribution in [0.2, 0.25) is 0 Å². The molecule has 22 heavy (non-hydrogen) atoms. The van der Waals surface area contributed by atoms with E-state index in [0.717, 1.165) is 17.7 Å². The van der Waals surface area contributed by atoms with Gasteiger partial charge >= 0.3 is 0 Å². The Hall–Kier alpha value is -2.77. The fraction of sp³-hybridized carbons (Fsp3) is 0.357. The molecule has 0 unspecified atom stereocenters.